The zero-order valence-electron chi connectivity index (χ0n) is 15.7. The first kappa shape index (κ1) is 20.1. The standard InChI is InChI=1S/C19H16F3N5O2/c1-18(2,3)29-17(28)27-13-7-5-4-6-12(13)25-16(27)11(10-23)15-24-9-8-14(26-15)19(20,21)22/h4-9,25H,1-3H3/b16-11-. The molecule has 0 bridgehead atoms. The molecule has 150 valence electrons. The normalized spacial score (nSPS) is 15.3. The van der Waals surface area contributed by atoms with Crippen LogP contribution in [0.5, 0.6) is 0 Å². The largest absolute Gasteiger partial charge is 0.443 e. The lowest BCUT2D eigenvalue weighted by molar-refractivity contribution is -0.141. The molecule has 0 saturated heterocycles. The van der Waals surface area contributed by atoms with Crippen molar-refractivity contribution in [2.75, 3.05) is 10.2 Å². The van der Waals surface area contributed by atoms with Crippen molar-refractivity contribution in [1.82, 2.24) is 9.97 Å². The highest BCUT2D eigenvalue weighted by molar-refractivity contribution is 6.04. The van der Waals surface area contributed by atoms with Crippen molar-refractivity contribution >= 4 is 23.0 Å². The maximum Gasteiger partial charge on any atom is 0.433 e. The molecule has 1 aliphatic heterocycles. The van der Waals surface area contributed by atoms with Crippen LogP contribution in [0.15, 0.2) is 42.3 Å². The average Bonchev–Trinajstić information content (AvgIpc) is 2.99. The lowest BCUT2D eigenvalue weighted by Gasteiger charge is -2.25. The Bertz CT molecular complexity index is 1040. The van der Waals surface area contributed by atoms with Crippen molar-refractivity contribution in [3.05, 3.63) is 53.9 Å². The minimum Gasteiger partial charge on any atom is -0.443 e. The number of anilines is 2. The molecular formula is C19H16F3N5O2. The molecule has 1 aromatic heterocycles. The maximum absolute atomic E-state index is 13.0. The molecule has 0 spiro atoms. The number of nitrogens with zero attached hydrogens (tertiary/aromatic N) is 4. The van der Waals surface area contributed by atoms with Gasteiger partial charge in [0.2, 0.25) is 0 Å². The lowest BCUT2D eigenvalue weighted by Crippen LogP contribution is -2.36. The van der Waals surface area contributed by atoms with Crippen LogP contribution in [0, 0.1) is 11.3 Å². The summed E-state index contributed by atoms with van der Waals surface area (Å²) in [5, 5.41) is 12.5. The number of nitrogens with one attached hydrogen (secondary N) is 1. The van der Waals surface area contributed by atoms with Crippen LogP contribution in [0.1, 0.15) is 32.3 Å². The summed E-state index contributed by atoms with van der Waals surface area (Å²) in [4.78, 5) is 21.1. The van der Waals surface area contributed by atoms with Gasteiger partial charge in [-0.05, 0) is 39.0 Å². The molecule has 2 aromatic rings. The number of benzene rings is 1. The summed E-state index contributed by atoms with van der Waals surface area (Å²) >= 11 is 0. The zero-order valence-corrected chi connectivity index (χ0v) is 15.7. The molecule has 2 heterocycles. The Morgan fingerprint density at radius 3 is 2.52 bits per heavy atom. The molecule has 1 aromatic carbocycles. The zero-order chi connectivity index (χ0) is 21.4. The molecule has 0 unspecified atom stereocenters. The number of hydrogen-bond donors (Lipinski definition) is 1. The predicted molar refractivity (Wildman–Crippen MR) is 98.3 cm³/mol. The number of nitriles is 1. The summed E-state index contributed by atoms with van der Waals surface area (Å²) in [6, 6.07) is 9.14. The predicted octanol–water partition coefficient (Wildman–Crippen LogP) is 4.55. The van der Waals surface area contributed by atoms with Crippen LogP contribution in [0.3, 0.4) is 0 Å². The van der Waals surface area contributed by atoms with Gasteiger partial charge in [-0.2, -0.15) is 18.4 Å². The minimum absolute atomic E-state index is 0.0812. The highest BCUT2D eigenvalue weighted by Gasteiger charge is 2.37. The Labute approximate surface area is 164 Å². The average molecular weight is 403 g/mol. The number of para-hydroxylation sites is 2. The molecule has 0 aliphatic carbocycles. The van der Waals surface area contributed by atoms with Crippen LogP contribution >= 0.6 is 0 Å². The number of carbonyl (C=O) groups excluding carboxylic acids is 1. The summed E-state index contributed by atoms with van der Waals surface area (Å²) in [6.07, 6.45) is -4.60. The molecule has 0 atom stereocenters. The molecule has 0 radical (unpaired) electrons. The quantitative estimate of drug-likeness (QED) is 0.702. The van der Waals surface area contributed by atoms with E-state index in [0.717, 1.165) is 11.1 Å². The third-order valence-electron chi connectivity index (χ3n) is 3.72. The summed E-state index contributed by atoms with van der Waals surface area (Å²) in [6.45, 7) is 5.01. The van der Waals surface area contributed by atoms with Gasteiger partial charge >= 0.3 is 12.3 Å². The van der Waals surface area contributed by atoms with Crippen molar-refractivity contribution in [2.24, 2.45) is 0 Å². The van der Waals surface area contributed by atoms with E-state index in [0.29, 0.717) is 17.4 Å². The van der Waals surface area contributed by atoms with Gasteiger partial charge < -0.3 is 10.1 Å². The Kier molecular flexibility index (Phi) is 4.92. The fraction of sp³-hybridized carbons (Fsp3) is 0.263. The van der Waals surface area contributed by atoms with Crippen molar-refractivity contribution in [2.45, 2.75) is 32.5 Å². The van der Waals surface area contributed by atoms with E-state index in [2.05, 4.69) is 15.3 Å². The second kappa shape index (κ2) is 7.09. The molecule has 1 amide bonds. The van der Waals surface area contributed by atoms with E-state index in [4.69, 9.17) is 4.74 Å². The van der Waals surface area contributed by atoms with Crippen molar-refractivity contribution in [3.63, 3.8) is 0 Å². The summed E-state index contributed by atoms with van der Waals surface area (Å²) in [5.41, 5.74) is -1.50. The number of halogens is 3. The van der Waals surface area contributed by atoms with E-state index in [1.165, 1.54) is 0 Å². The number of rotatable bonds is 1. The van der Waals surface area contributed by atoms with E-state index < -0.39 is 29.4 Å². The maximum atomic E-state index is 13.0. The molecule has 29 heavy (non-hydrogen) atoms. The highest BCUT2D eigenvalue weighted by atomic mass is 19.4. The summed E-state index contributed by atoms with van der Waals surface area (Å²) in [5.74, 6) is -0.548. The number of carbonyl (C=O) groups is 1. The number of alkyl halides is 3. The Hall–Kier alpha value is -3.61. The number of aromatic nitrogens is 2. The lowest BCUT2D eigenvalue weighted by atomic mass is 10.2. The highest BCUT2D eigenvalue weighted by Crippen LogP contribution is 2.39. The van der Waals surface area contributed by atoms with E-state index >= 15 is 0 Å². The van der Waals surface area contributed by atoms with Gasteiger partial charge in [0.05, 0.1) is 11.4 Å². The molecule has 0 saturated carbocycles. The molecule has 1 aliphatic rings. The van der Waals surface area contributed by atoms with Crippen LogP contribution in [0.2, 0.25) is 0 Å². The first-order chi connectivity index (χ1) is 13.5. The van der Waals surface area contributed by atoms with Gasteiger partial charge in [-0.25, -0.2) is 19.7 Å². The fourth-order valence-corrected chi connectivity index (χ4v) is 2.60. The van der Waals surface area contributed by atoms with Crippen molar-refractivity contribution < 1.29 is 22.7 Å². The number of allylic oxidation sites excluding steroid dienone is 1. The SMILES string of the molecule is CC(C)(C)OC(=O)N1/C(=C(/C#N)c2nccc(C(F)(F)F)n2)Nc2ccccc21. The summed E-state index contributed by atoms with van der Waals surface area (Å²) < 4.78 is 44.5. The van der Waals surface area contributed by atoms with Gasteiger partial charge in [-0.1, -0.05) is 12.1 Å². The van der Waals surface area contributed by atoms with Crippen molar-refractivity contribution in [3.8, 4) is 6.07 Å². The third kappa shape index (κ3) is 4.13. The Balaban J connectivity index is 2.16. The first-order valence-corrected chi connectivity index (χ1v) is 8.45. The molecule has 3 rings (SSSR count). The number of ether oxygens (including phenoxy) is 1. The number of fused-ring (bicyclic) bond motifs is 1. The van der Waals surface area contributed by atoms with Gasteiger partial charge in [0, 0.05) is 6.20 Å². The number of hydrogen-bond acceptors (Lipinski definition) is 6. The van der Waals surface area contributed by atoms with E-state index in [1.807, 2.05) is 0 Å². The van der Waals surface area contributed by atoms with Crippen LogP contribution < -0.4 is 10.2 Å². The van der Waals surface area contributed by atoms with Crippen molar-refractivity contribution in [1.29, 1.82) is 5.26 Å². The van der Waals surface area contributed by atoms with Crippen LogP contribution in [-0.4, -0.2) is 21.7 Å². The first-order valence-electron chi connectivity index (χ1n) is 8.45. The smallest absolute Gasteiger partial charge is 0.433 e. The molecular weight excluding hydrogens is 387 g/mol. The van der Waals surface area contributed by atoms with E-state index in [1.54, 1.807) is 51.1 Å². The van der Waals surface area contributed by atoms with Gasteiger partial charge in [-0.3, -0.25) is 0 Å². The molecule has 7 nitrogen and oxygen atoms in total. The van der Waals surface area contributed by atoms with Gasteiger partial charge in [-0.15, -0.1) is 0 Å². The van der Waals surface area contributed by atoms with E-state index in [9.17, 15) is 23.2 Å². The van der Waals surface area contributed by atoms with Crippen LogP contribution in [-0.2, 0) is 10.9 Å². The second-order valence-electron chi connectivity index (χ2n) is 7.06. The monoisotopic (exact) mass is 403 g/mol. The molecule has 1 N–H and O–H groups in total. The third-order valence-corrected chi connectivity index (χ3v) is 3.72. The Morgan fingerprint density at radius 1 is 1.21 bits per heavy atom. The van der Waals surface area contributed by atoms with Gasteiger partial charge in [0.1, 0.15) is 28.8 Å². The minimum atomic E-state index is -4.71. The summed E-state index contributed by atoms with van der Waals surface area (Å²) in [7, 11) is 0. The topological polar surface area (TPSA) is 91.1 Å². The molecule has 10 heteroatoms. The van der Waals surface area contributed by atoms with Crippen LogP contribution in [0.4, 0.5) is 29.3 Å². The number of amides is 1. The second-order valence-corrected chi connectivity index (χ2v) is 7.06. The van der Waals surface area contributed by atoms with Crippen LogP contribution in [0.25, 0.3) is 5.57 Å². The van der Waals surface area contributed by atoms with E-state index in [-0.39, 0.29) is 11.4 Å². The van der Waals surface area contributed by atoms with Gasteiger partial charge in [0.15, 0.2) is 5.82 Å². The fourth-order valence-electron chi connectivity index (χ4n) is 2.60. The van der Waals surface area contributed by atoms with Gasteiger partial charge in [0.25, 0.3) is 0 Å². The Morgan fingerprint density at radius 2 is 1.90 bits per heavy atom. The molecule has 0 fully saturated rings.